The minimum Gasteiger partial charge on any atom is -0.543 e. The predicted octanol–water partition coefficient (Wildman–Crippen LogP) is -1.64. The van der Waals surface area contributed by atoms with Crippen molar-refractivity contribution >= 4 is 40.4 Å². The van der Waals surface area contributed by atoms with Gasteiger partial charge in [-0.05, 0) is 24.2 Å². The standard InChI is InChI=1S/C20H29N3O5S2/c1-10-15-14(11(2)24)19(26)23(15)16(20(27)28)17(10)29-12-8-13(21-9-12)18(25)22-4-6-30(3)7-5-22/h10-15,21,24H,4-9H2,1-3H3/t10-,11+,12-,13-,14+,15+/m0/s1. The smallest absolute Gasteiger partial charge is 0.240 e. The normalized spacial score (nSPS) is 35.5. The van der Waals surface area contributed by atoms with E-state index in [4.69, 9.17) is 0 Å². The summed E-state index contributed by atoms with van der Waals surface area (Å²) < 4.78 is 0. The number of carboxylic acid groups (broad SMARTS) is 1. The Morgan fingerprint density at radius 2 is 2.00 bits per heavy atom. The van der Waals surface area contributed by atoms with Crippen molar-refractivity contribution < 1.29 is 24.6 Å². The zero-order chi connectivity index (χ0) is 21.7. The van der Waals surface area contributed by atoms with Crippen LogP contribution in [0.1, 0.15) is 20.3 Å². The van der Waals surface area contributed by atoms with Crippen molar-refractivity contribution in [3.05, 3.63) is 10.6 Å². The van der Waals surface area contributed by atoms with E-state index in [1.807, 2.05) is 11.8 Å². The molecule has 2 amide bonds. The van der Waals surface area contributed by atoms with Gasteiger partial charge >= 0.3 is 0 Å². The van der Waals surface area contributed by atoms with Gasteiger partial charge in [-0.2, -0.15) is 0 Å². The molecule has 8 nitrogen and oxygen atoms in total. The van der Waals surface area contributed by atoms with E-state index in [1.54, 1.807) is 6.92 Å². The van der Waals surface area contributed by atoms with E-state index in [1.165, 1.54) is 16.7 Å². The van der Waals surface area contributed by atoms with Crippen molar-refractivity contribution in [1.82, 2.24) is 15.1 Å². The van der Waals surface area contributed by atoms with Gasteiger partial charge < -0.3 is 30.1 Å². The Hall–Kier alpha value is -1.23. The third-order valence-electron chi connectivity index (χ3n) is 6.72. The fourth-order valence-electron chi connectivity index (χ4n) is 5.02. The number of fused-ring (bicyclic) bond motifs is 1. The number of carbonyl (C=O) groups is 3. The average Bonchev–Trinajstić information content (AvgIpc) is 3.24. The van der Waals surface area contributed by atoms with Crippen LogP contribution in [0.3, 0.4) is 0 Å². The van der Waals surface area contributed by atoms with Crippen molar-refractivity contribution in [1.29, 1.82) is 0 Å². The first-order chi connectivity index (χ1) is 14.2. The number of thioether (sulfide) groups is 1. The van der Waals surface area contributed by atoms with Crippen LogP contribution in [0.5, 0.6) is 0 Å². The van der Waals surface area contributed by atoms with Gasteiger partial charge in [-0.15, -0.1) is 11.8 Å². The Labute approximate surface area is 183 Å². The summed E-state index contributed by atoms with van der Waals surface area (Å²) in [4.78, 5) is 41.0. The highest BCUT2D eigenvalue weighted by molar-refractivity contribution is 8.03. The number of hydrogen-bond donors (Lipinski definition) is 2. The second kappa shape index (κ2) is 8.37. The first kappa shape index (κ1) is 22.0. The summed E-state index contributed by atoms with van der Waals surface area (Å²) in [6.07, 6.45) is 2.05. The maximum atomic E-state index is 12.9. The summed E-state index contributed by atoms with van der Waals surface area (Å²) in [6.45, 7) is 5.70. The zero-order valence-electron chi connectivity index (χ0n) is 17.5. The Balaban J connectivity index is 1.43. The lowest BCUT2D eigenvalue weighted by Crippen LogP contribution is -2.64. The summed E-state index contributed by atoms with van der Waals surface area (Å²) in [5.41, 5.74) is -0.0554. The molecule has 2 N–H and O–H groups in total. The van der Waals surface area contributed by atoms with Crippen LogP contribution in [0.15, 0.2) is 10.6 Å². The number of hydrogen-bond acceptors (Lipinski definition) is 7. The Morgan fingerprint density at radius 3 is 2.60 bits per heavy atom. The second-order valence-corrected chi connectivity index (χ2v) is 12.4. The maximum absolute atomic E-state index is 12.9. The van der Waals surface area contributed by atoms with E-state index in [9.17, 15) is 24.6 Å². The lowest BCUT2D eigenvalue weighted by molar-refractivity contribution is -0.301. The molecule has 4 rings (SSSR count). The summed E-state index contributed by atoms with van der Waals surface area (Å²) >= 11 is 1.44. The van der Waals surface area contributed by atoms with Crippen LogP contribution in [0.2, 0.25) is 0 Å². The van der Waals surface area contributed by atoms with E-state index in [2.05, 4.69) is 11.6 Å². The molecule has 0 aromatic carbocycles. The molecule has 4 aliphatic rings. The van der Waals surface area contributed by atoms with E-state index >= 15 is 0 Å². The molecule has 0 aliphatic carbocycles. The largest absolute Gasteiger partial charge is 0.543 e. The molecule has 0 radical (unpaired) electrons. The van der Waals surface area contributed by atoms with Crippen LogP contribution in [-0.2, 0) is 25.3 Å². The zero-order valence-corrected chi connectivity index (χ0v) is 19.1. The van der Waals surface area contributed by atoms with Crippen LogP contribution in [0, 0.1) is 11.8 Å². The molecule has 4 heterocycles. The van der Waals surface area contributed by atoms with E-state index in [0.29, 0.717) is 28.8 Å². The predicted molar refractivity (Wildman–Crippen MR) is 114 cm³/mol. The molecule has 4 aliphatic heterocycles. The Kier molecular flexibility index (Phi) is 6.13. The van der Waals surface area contributed by atoms with E-state index in [-0.39, 0.29) is 40.8 Å². The molecule has 0 spiro atoms. The number of aliphatic hydroxyl groups excluding tert-OH is 1. The molecule has 166 valence electrons. The lowest BCUT2D eigenvalue weighted by atomic mass is 9.79. The number of amides is 2. The Bertz CT molecular complexity index is 780. The number of nitrogens with one attached hydrogen (secondary N) is 1. The number of rotatable bonds is 5. The quantitative estimate of drug-likeness (QED) is 0.378. The van der Waals surface area contributed by atoms with Gasteiger partial charge in [0.1, 0.15) is 11.5 Å². The molecule has 0 aromatic heterocycles. The molecule has 3 fully saturated rings. The monoisotopic (exact) mass is 455 g/mol. The van der Waals surface area contributed by atoms with Gasteiger partial charge in [-0.25, -0.2) is 0 Å². The minimum absolute atomic E-state index is 0.0511. The highest BCUT2D eigenvalue weighted by atomic mass is 32.2. The van der Waals surface area contributed by atoms with Gasteiger partial charge in [0.15, 0.2) is 0 Å². The van der Waals surface area contributed by atoms with Crippen LogP contribution in [0.25, 0.3) is 0 Å². The number of carbonyl (C=O) groups excluding carboxylic acids is 3. The number of nitrogens with zero attached hydrogens (tertiary/aromatic N) is 2. The lowest BCUT2D eigenvalue weighted by Gasteiger charge is -2.47. The SMILES string of the molecule is C[C@@H]1C(S[C@@H]2CN[C@H](C(=O)N3CC[S+](C)CC3)C2)=C(C(=O)[O-])N2C(=O)[C@H]([C@@H](C)O)[C@@H]12. The first-order valence-electron chi connectivity index (χ1n) is 10.4. The molecule has 6 atom stereocenters. The van der Waals surface area contributed by atoms with Crippen LogP contribution in [0.4, 0.5) is 0 Å². The average molecular weight is 456 g/mol. The van der Waals surface area contributed by atoms with Gasteiger partial charge in [0.2, 0.25) is 11.8 Å². The van der Waals surface area contributed by atoms with Crippen molar-refractivity contribution in [2.75, 3.05) is 37.4 Å². The number of aliphatic hydroxyl groups is 1. The first-order valence-corrected chi connectivity index (χ1v) is 13.3. The molecule has 10 heteroatoms. The van der Waals surface area contributed by atoms with Crippen LogP contribution < -0.4 is 10.4 Å². The summed E-state index contributed by atoms with van der Waals surface area (Å²) in [6, 6.07) is -0.581. The van der Waals surface area contributed by atoms with Gasteiger partial charge in [0, 0.05) is 22.6 Å². The molecular formula is C20H29N3O5S2. The summed E-state index contributed by atoms with van der Waals surface area (Å²) in [7, 11) is 0.402. The fourth-order valence-corrected chi connectivity index (χ4v) is 7.76. The molecule has 0 saturated carbocycles. The van der Waals surface area contributed by atoms with Gasteiger partial charge in [-0.1, -0.05) is 6.92 Å². The van der Waals surface area contributed by atoms with E-state index < -0.39 is 18.0 Å². The fraction of sp³-hybridized carbons (Fsp3) is 0.750. The summed E-state index contributed by atoms with van der Waals surface area (Å²) in [5.74, 6) is -0.209. The molecule has 30 heavy (non-hydrogen) atoms. The maximum Gasteiger partial charge on any atom is 0.240 e. The van der Waals surface area contributed by atoms with Crippen molar-refractivity contribution in [2.24, 2.45) is 11.8 Å². The van der Waals surface area contributed by atoms with Gasteiger partial charge in [0.25, 0.3) is 0 Å². The minimum atomic E-state index is -1.36. The number of carboxylic acids is 1. The molecule has 0 bridgehead atoms. The van der Waals surface area contributed by atoms with Crippen molar-refractivity contribution in [3.8, 4) is 0 Å². The molecule has 0 aromatic rings. The summed E-state index contributed by atoms with van der Waals surface area (Å²) in [5, 5.41) is 25.1. The second-order valence-electron chi connectivity index (χ2n) is 8.71. The van der Waals surface area contributed by atoms with Crippen LogP contribution >= 0.6 is 11.8 Å². The number of aliphatic carboxylic acids is 1. The van der Waals surface area contributed by atoms with E-state index in [0.717, 1.165) is 24.6 Å². The van der Waals surface area contributed by atoms with Crippen molar-refractivity contribution in [3.63, 3.8) is 0 Å². The highest BCUT2D eigenvalue weighted by Crippen LogP contribution is 2.51. The molecule has 0 unspecified atom stereocenters. The molecular weight excluding hydrogens is 426 g/mol. The van der Waals surface area contributed by atoms with Gasteiger partial charge in [0.05, 0.1) is 55.1 Å². The van der Waals surface area contributed by atoms with Gasteiger partial charge in [-0.3, -0.25) is 9.59 Å². The Morgan fingerprint density at radius 1 is 1.33 bits per heavy atom. The topological polar surface area (TPSA) is 113 Å². The highest BCUT2D eigenvalue weighted by Gasteiger charge is 2.59. The van der Waals surface area contributed by atoms with Crippen molar-refractivity contribution in [2.45, 2.75) is 43.7 Å². The third kappa shape index (κ3) is 3.65. The molecule has 3 saturated heterocycles. The third-order valence-corrected chi connectivity index (χ3v) is 9.99. The number of β-lactam (4-membered cyclic amide) rings is 1. The van der Waals surface area contributed by atoms with Crippen LogP contribution in [-0.4, -0.2) is 93.5 Å².